The number of ether oxygens (including phenoxy) is 1. The van der Waals surface area contributed by atoms with Crippen LogP contribution < -0.4 is 5.32 Å². The van der Waals surface area contributed by atoms with Gasteiger partial charge in [0.25, 0.3) is 0 Å². The maximum atomic E-state index is 11.1. The molecule has 1 amide bonds. The minimum atomic E-state index is -0.313. The third-order valence-corrected chi connectivity index (χ3v) is 1.34. The van der Waals surface area contributed by atoms with Crippen molar-refractivity contribution >= 4 is 5.91 Å². The number of amides is 1. The largest absolute Gasteiger partial charge is 0.369 e. The molecule has 0 aliphatic rings. The first-order valence-corrected chi connectivity index (χ1v) is 4.11. The molecule has 3 nitrogen and oxygen atoms in total. The van der Waals surface area contributed by atoms with Gasteiger partial charge in [-0.3, -0.25) is 4.79 Å². The van der Waals surface area contributed by atoms with Crippen LogP contribution in [0.2, 0.25) is 0 Å². The Morgan fingerprint density at radius 2 is 2.18 bits per heavy atom. The van der Waals surface area contributed by atoms with Crippen LogP contribution in [0.5, 0.6) is 0 Å². The van der Waals surface area contributed by atoms with Crippen LogP contribution in [0.4, 0.5) is 0 Å². The molecule has 1 unspecified atom stereocenters. The summed E-state index contributed by atoms with van der Waals surface area (Å²) in [6.45, 7) is 6.97. The Labute approximate surface area is 68.1 Å². The third kappa shape index (κ3) is 4.79. The lowest BCUT2D eigenvalue weighted by Gasteiger charge is -2.10. The van der Waals surface area contributed by atoms with E-state index in [-0.39, 0.29) is 12.0 Å². The highest BCUT2D eigenvalue weighted by atomic mass is 16.5. The first kappa shape index (κ1) is 10.4. The molecule has 0 fully saturated rings. The Bertz CT molecular complexity index is 115. The molecule has 0 saturated heterocycles. The van der Waals surface area contributed by atoms with Gasteiger partial charge in [0, 0.05) is 13.2 Å². The molecule has 3 heteroatoms. The summed E-state index contributed by atoms with van der Waals surface area (Å²) in [5.74, 6) is -0.0197. The van der Waals surface area contributed by atoms with E-state index in [2.05, 4.69) is 5.32 Å². The van der Waals surface area contributed by atoms with Gasteiger partial charge in [-0.1, -0.05) is 6.92 Å². The van der Waals surface area contributed by atoms with Crippen molar-refractivity contribution in [3.63, 3.8) is 0 Å². The molecule has 1 atom stereocenters. The zero-order chi connectivity index (χ0) is 8.69. The van der Waals surface area contributed by atoms with Crippen LogP contribution in [0.3, 0.4) is 0 Å². The third-order valence-electron chi connectivity index (χ3n) is 1.34. The van der Waals surface area contributed by atoms with Gasteiger partial charge in [0.1, 0.15) is 6.10 Å². The maximum absolute atomic E-state index is 11.1. The predicted octanol–water partition coefficient (Wildman–Crippen LogP) is 0.938. The molecule has 0 heterocycles. The Morgan fingerprint density at radius 1 is 1.55 bits per heavy atom. The molecular formula is C8H17NO2. The fraction of sp³-hybridized carbons (Fsp3) is 0.875. The van der Waals surface area contributed by atoms with Crippen LogP contribution in [0.15, 0.2) is 0 Å². The quantitative estimate of drug-likeness (QED) is 0.648. The summed E-state index contributed by atoms with van der Waals surface area (Å²) in [7, 11) is 0. The van der Waals surface area contributed by atoms with Crippen molar-refractivity contribution in [1.82, 2.24) is 5.32 Å². The second-order valence-electron chi connectivity index (χ2n) is 2.39. The lowest BCUT2D eigenvalue weighted by molar-refractivity contribution is -0.131. The highest BCUT2D eigenvalue weighted by Crippen LogP contribution is 1.89. The Balaban J connectivity index is 3.47. The monoisotopic (exact) mass is 159 g/mol. The molecule has 66 valence electrons. The van der Waals surface area contributed by atoms with E-state index in [1.807, 2.05) is 13.8 Å². The molecule has 0 radical (unpaired) electrons. The molecule has 1 N–H and O–H groups in total. The SMILES string of the molecule is CCCNC(=O)C(C)OCC. The van der Waals surface area contributed by atoms with Crippen molar-refractivity contribution in [2.75, 3.05) is 13.2 Å². The van der Waals surface area contributed by atoms with Crippen molar-refractivity contribution in [2.24, 2.45) is 0 Å². The Kier molecular flexibility index (Phi) is 5.84. The molecule has 0 aromatic heterocycles. The highest BCUT2D eigenvalue weighted by molar-refractivity contribution is 5.80. The second-order valence-corrected chi connectivity index (χ2v) is 2.39. The van der Waals surface area contributed by atoms with E-state index in [1.165, 1.54) is 0 Å². The number of hydrogen-bond acceptors (Lipinski definition) is 2. The van der Waals surface area contributed by atoms with Crippen LogP contribution >= 0.6 is 0 Å². The molecule has 0 rings (SSSR count). The smallest absolute Gasteiger partial charge is 0.248 e. The topological polar surface area (TPSA) is 38.3 Å². The maximum Gasteiger partial charge on any atom is 0.248 e. The summed E-state index contributed by atoms with van der Waals surface area (Å²) in [6.07, 6.45) is 0.650. The lowest BCUT2D eigenvalue weighted by atomic mass is 10.3. The Hall–Kier alpha value is -0.570. The van der Waals surface area contributed by atoms with Crippen LogP contribution in [0.1, 0.15) is 27.2 Å². The van der Waals surface area contributed by atoms with Gasteiger partial charge in [-0.15, -0.1) is 0 Å². The van der Waals surface area contributed by atoms with Crippen molar-refractivity contribution in [1.29, 1.82) is 0 Å². The van der Waals surface area contributed by atoms with Gasteiger partial charge in [-0.05, 0) is 20.3 Å². The summed E-state index contributed by atoms with van der Waals surface area (Å²) in [4.78, 5) is 11.1. The fourth-order valence-corrected chi connectivity index (χ4v) is 0.718. The van der Waals surface area contributed by atoms with Crippen molar-refractivity contribution < 1.29 is 9.53 Å². The van der Waals surface area contributed by atoms with E-state index >= 15 is 0 Å². The molecule has 0 aromatic carbocycles. The summed E-state index contributed by atoms with van der Waals surface area (Å²) in [6, 6.07) is 0. The first-order valence-electron chi connectivity index (χ1n) is 4.11. The first-order chi connectivity index (χ1) is 5.22. The molecular weight excluding hydrogens is 142 g/mol. The van der Waals surface area contributed by atoms with E-state index in [0.29, 0.717) is 6.61 Å². The molecule has 0 aromatic rings. The average Bonchev–Trinajstić information content (AvgIpc) is 2.00. The standard InChI is InChI=1S/C8H17NO2/c1-4-6-9-8(10)7(3)11-5-2/h7H,4-6H2,1-3H3,(H,9,10). The van der Waals surface area contributed by atoms with Crippen LogP contribution in [-0.4, -0.2) is 25.2 Å². The van der Waals surface area contributed by atoms with E-state index in [9.17, 15) is 4.79 Å². The Morgan fingerprint density at radius 3 is 2.64 bits per heavy atom. The summed E-state index contributed by atoms with van der Waals surface area (Å²) < 4.78 is 5.09. The molecule has 0 bridgehead atoms. The van der Waals surface area contributed by atoms with Crippen molar-refractivity contribution in [3.8, 4) is 0 Å². The van der Waals surface area contributed by atoms with Gasteiger partial charge in [-0.2, -0.15) is 0 Å². The zero-order valence-electron chi connectivity index (χ0n) is 7.52. The number of carbonyl (C=O) groups excluding carboxylic acids is 1. The van der Waals surface area contributed by atoms with Crippen molar-refractivity contribution in [3.05, 3.63) is 0 Å². The highest BCUT2D eigenvalue weighted by Gasteiger charge is 2.10. The predicted molar refractivity (Wildman–Crippen MR) is 44.4 cm³/mol. The van der Waals surface area contributed by atoms with E-state index in [4.69, 9.17) is 4.74 Å². The van der Waals surface area contributed by atoms with Crippen LogP contribution in [-0.2, 0) is 9.53 Å². The zero-order valence-corrected chi connectivity index (χ0v) is 7.52. The summed E-state index contributed by atoms with van der Waals surface area (Å²) in [5.41, 5.74) is 0. The van der Waals surface area contributed by atoms with Gasteiger partial charge in [0.05, 0.1) is 0 Å². The summed E-state index contributed by atoms with van der Waals surface area (Å²) >= 11 is 0. The average molecular weight is 159 g/mol. The number of rotatable bonds is 5. The minimum Gasteiger partial charge on any atom is -0.369 e. The minimum absolute atomic E-state index is 0.0197. The number of hydrogen-bond donors (Lipinski definition) is 1. The fourth-order valence-electron chi connectivity index (χ4n) is 0.718. The van der Waals surface area contributed by atoms with E-state index < -0.39 is 0 Å². The second kappa shape index (κ2) is 6.16. The van der Waals surface area contributed by atoms with Gasteiger partial charge in [-0.25, -0.2) is 0 Å². The summed E-state index contributed by atoms with van der Waals surface area (Å²) in [5, 5.41) is 2.75. The van der Waals surface area contributed by atoms with Crippen molar-refractivity contribution in [2.45, 2.75) is 33.3 Å². The molecule has 0 aliphatic heterocycles. The van der Waals surface area contributed by atoms with Gasteiger partial charge >= 0.3 is 0 Å². The van der Waals surface area contributed by atoms with Gasteiger partial charge in [0.2, 0.25) is 5.91 Å². The van der Waals surface area contributed by atoms with Crippen LogP contribution in [0.25, 0.3) is 0 Å². The normalized spacial score (nSPS) is 12.6. The lowest BCUT2D eigenvalue weighted by Crippen LogP contribution is -2.34. The molecule has 0 saturated carbocycles. The molecule has 0 spiro atoms. The number of nitrogens with one attached hydrogen (secondary N) is 1. The van der Waals surface area contributed by atoms with Gasteiger partial charge < -0.3 is 10.1 Å². The van der Waals surface area contributed by atoms with E-state index in [0.717, 1.165) is 13.0 Å². The van der Waals surface area contributed by atoms with E-state index in [1.54, 1.807) is 6.92 Å². The van der Waals surface area contributed by atoms with Crippen LogP contribution in [0, 0.1) is 0 Å². The molecule has 11 heavy (non-hydrogen) atoms. The number of carbonyl (C=O) groups is 1. The van der Waals surface area contributed by atoms with Gasteiger partial charge in [0.15, 0.2) is 0 Å². The molecule has 0 aliphatic carbocycles.